The van der Waals surface area contributed by atoms with Crippen molar-refractivity contribution in [2.75, 3.05) is 11.1 Å². The predicted octanol–water partition coefficient (Wildman–Crippen LogP) is 3.94. The van der Waals surface area contributed by atoms with Gasteiger partial charge in [0.2, 0.25) is 16.9 Å². The fraction of sp³-hybridized carbons (Fsp3) is 0.778. The van der Waals surface area contributed by atoms with E-state index >= 15 is 0 Å². The molecule has 1 aromatic rings. The van der Waals surface area contributed by atoms with Crippen molar-refractivity contribution in [1.82, 2.24) is 15.1 Å². The van der Waals surface area contributed by atoms with Gasteiger partial charge in [-0.15, -0.1) is 10.2 Å². The second-order valence-electron chi connectivity index (χ2n) is 7.42. The number of hydrogen-bond acceptors (Lipinski definition) is 6. The number of aromatic nitrogens is 2. The summed E-state index contributed by atoms with van der Waals surface area (Å²) >= 11 is 2.77. The molecule has 1 saturated carbocycles. The number of carbonyl (C=O) groups excluding carboxylic acids is 2. The highest BCUT2D eigenvalue weighted by Crippen LogP contribution is 2.30. The van der Waals surface area contributed by atoms with Crippen molar-refractivity contribution >= 4 is 40.0 Å². The van der Waals surface area contributed by atoms with Crippen molar-refractivity contribution in [3.05, 3.63) is 0 Å². The molecular weight excluding hydrogens is 368 g/mol. The first-order chi connectivity index (χ1) is 12.5. The van der Waals surface area contributed by atoms with Crippen molar-refractivity contribution in [1.29, 1.82) is 0 Å². The van der Waals surface area contributed by atoms with E-state index in [0.29, 0.717) is 23.0 Å². The average Bonchev–Trinajstić information content (AvgIpc) is 3.08. The maximum Gasteiger partial charge on any atom is 0.233 e. The lowest BCUT2D eigenvalue weighted by Gasteiger charge is -2.39. The van der Waals surface area contributed by atoms with Gasteiger partial charge in [0.25, 0.3) is 0 Å². The van der Waals surface area contributed by atoms with E-state index in [0.717, 1.165) is 42.9 Å². The number of amides is 2. The number of thioether (sulfide) groups is 1. The summed E-state index contributed by atoms with van der Waals surface area (Å²) in [6, 6.07) is 0.623. The van der Waals surface area contributed by atoms with E-state index in [1.807, 2.05) is 4.90 Å². The van der Waals surface area contributed by atoms with Crippen LogP contribution in [0.4, 0.5) is 5.13 Å². The lowest BCUT2D eigenvalue weighted by atomic mass is 9.89. The van der Waals surface area contributed by atoms with Crippen LogP contribution in [0.3, 0.4) is 0 Å². The van der Waals surface area contributed by atoms with Crippen molar-refractivity contribution in [2.45, 2.75) is 81.6 Å². The molecule has 2 atom stereocenters. The molecule has 8 heteroatoms. The molecule has 1 aliphatic heterocycles. The topological polar surface area (TPSA) is 75.2 Å². The summed E-state index contributed by atoms with van der Waals surface area (Å²) in [5.74, 6) is 0.703. The number of nitrogens with one attached hydrogen (secondary N) is 1. The number of nitrogens with zero attached hydrogens (tertiary/aromatic N) is 3. The van der Waals surface area contributed by atoms with Crippen molar-refractivity contribution in [3.63, 3.8) is 0 Å². The number of rotatable bonds is 5. The molecule has 2 amide bonds. The number of anilines is 1. The Labute approximate surface area is 163 Å². The molecule has 26 heavy (non-hydrogen) atoms. The Bertz CT molecular complexity index is 620. The highest BCUT2D eigenvalue weighted by molar-refractivity contribution is 8.01. The second-order valence-corrected chi connectivity index (χ2v) is 9.62. The Morgan fingerprint density at radius 2 is 1.77 bits per heavy atom. The second kappa shape index (κ2) is 9.17. The van der Waals surface area contributed by atoms with E-state index in [9.17, 15) is 9.59 Å². The number of likely N-dealkylation sites (tertiary alicyclic amines) is 1. The Hall–Kier alpha value is -1.15. The molecule has 0 radical (unpaired) electrons. The molecule has 1 saturated heterocycles. The minimum atomic E-state index is 0.0597. The van der Waals surface area contributed by atoms with Crippen LogP contribution in [0.25, 0.3) is 0 Å². The standard InChI is InChI=1S/C18H28N4O2S2/c1-12-7-6-8-13(2)22(12)15(23)11-25-18-21-20-17(26-18)19-16(24)14-9-4-3-5-10-14/h12-14H,3-11H2,1-2H3,(H,19,20,24)/t12-,13-/m0/s1. The van der Waals surface area contributed by atoms with Gasteiger partial charge in [-0.1, -0.05) is 42.4 Å². The zero-order valence-electron chi connectivity index (χ0n) is 15.6. The summed E-state index contributed by atoms with van der Waals surface area (Å²) in [5, 5.41) is 11.6. The largest absolute Gasteiger partial charge is 0.337 e. The third-order valence-corrected chi connectivity index (χ3v) is 7.37. The molecule has 1 aliphatic carbocycles. The van der Waals surface area contributed by atoms with E-state index in [1.54, 1.807) is 0 Å². The van der Waals surface area contributed by atoms with E-state index in [4.69, 9.17) is 0 Å². The molecule has 0 unspecified atom stereocenters. The maximum absolute atomic E-state index is 12.6. The zero-order chi connectivity index (χ0) is 18.5. The third-order valence-electron chi connectivity index (χ3n) is 5.41. The quantitative estimate of drug-likeness (QED) is 0.603. The van der Waals surface area contributed by atoms with Crippen LogP contribution in [0.2, 0.25) is 0 Å². The van der Waals surface area contributed by atoms with Crippen LogP contribution in [-0.4, -0.2) is 44.7 Å². The van der Waals surface area contributed by atoms with Gasteiger partial charge in [-0.2, -0.15) is 0 Å². The van der Waals surface area contributed by atoms with Gasteiger partial charge < -0.3 is 10.2 Å². The molecule has 0 bridgehead atoms. The zero-order valence-corrected chi connectivity index (χ0v) is 17.2. The van der Waals surface area contributed by atoms with Crippen LogP contribution >= 0.6 is 23.1 Å². The van der Waals surface area contributed by atoms with Gasteiger partial charge in [-0.3, -0.25) is 9.59 Å². The first kappa shape index (κ1) is 19.6. The van der Waals surface area contributed by atoms with Gasteiger partial charge in [-0.05, 0) is 46.0 Å². The van der Waals surface area contributed by atoms with E-state index in [2.05, 4.69) is 29.4 Å². The van der Waals surface area contributed by atoms with Gasteiger partial charge in [0.05, 0.1) is 5.75 Å². The van der Waals surface area contributed by atoms with Gasteiger partial charge >= 0.3 is 0 Å². The summed E-state index contributed by atoms with van der Waals surface area (Å²) in [5.41, 5.74) is 0. The van der Waals surface area contributed by atoms with Crippen LogP contribution in [0, 0.1) is 5.92 Å². The SMILES string of the molecule is C[C@H]1CCC[C@H](C)N1C(=O)CSc1nnc(NC(=O)C2CCCCC2)s1. The van der Waals surface area contributed by atoms with Gasteiger partial charge in [0, 0.05) is 18.0 Å². The first-order valence-electron chi connectivity index (χ1n) is 9.63. The summed E-state index contributed by atoms with van der Waals surface area (Å²) in [6.45, 7) is 4.25. The Balaban J connectivity index is 1.48. The minimum absolute atomic E-state index is 0.0597. The highest BCUT2D eigenvalue weighted by atomic mass is 32.2. The monoisotopic (exact) mass is 396 g/mol. The van der Waals surface area contributed by atoms with Gasteiger partial charge in [-0.25, -0.2) is 0 Å². The molecule has 1 aromatic heterocycles. The fourth-order valence-electron chi connectivity index (χ4n) is 4.00. The number of carbonyl (C=O) groups is 2. The summed E-state index contributed by atoms with van der Waals surface area (Å²) in [6.07, 6.45) is 8.77. The summed E-state index contributed by atoms with van der Waals surface area (Å²) in [4.78, 5) is 26.9. The average molecular weight is 397 g/mol. The molecular formula is C18H28N4O2S2. The van der Waals surface area contributed by atoms with Gasteiger partial charge in [0.1, 0.15) is 0 Å². The van der Waals surface area contributed by atoms with Gasteiger partial charge in [0.15, 0.2) is 4.34 Å². The first-order valence-corrected chi connectivity index (χ1v) is 11.4. The van der Waals surface area contributed by atoms with Crippen LogP contribution < -0.4 is 5.32 Å². The normalized spacial score (nSPS) is 24.5. The fourth-order valence-corrected chi connectivity index (χ4v) is 5.63. The van der Waals surface area contributed by atoms with Crippen LogP contribution in [-0.2, 0) is 9.59 Å². The van der Waals surface area contributed by atoms with E-state index in [-0.39, 0.29) is 17.7 Å². The highest BCUT2D eigenvalue weighted by Gasteiger charge is 2.29. The molecule has 6 nitrogen and oxygen atoms in total. The summed E-state index contributed by atoms with van der Waals surface area (Å²) < 4.78 is 0.731. The molecule has 0 aromatic carbocycles. The number of piperidine rings is 1. The van der Waals surface area contributed by atoms with Crippen LogP contribution in [0.5, 0.6) is 0 Å². The number of hydrogen-bond donors (Lipinski definition) is 1. The molecule has 3 rings (SSSR count). The third kappa shape index (κ3) is 4.97. The lowest BCUT2D eigenvalue weighted by molar-refractivity contribution is -0.134. The molecule has 1 N–H and O–H groups in total. The molecule has 144 valence electrons. The maximum atomic E-state index is 12.6. The van der Waals surface area contributed by atoms with E-state index in [1.165, 1.54) is 35.9 Å². The smallest absolute Gasteiger partial charge is 0.233 e. The minimum Gasteiger partial charge on any atom is -0.337 e. The summed E-state index contributed by atoms with van der Waals surface area (Å²) in [7, 11) is 0. The van der Waals surface area contributed by atoms with Crippen molar-refractivity contribution in [2.24, 2.45) is 5.92 Å². The molecule has 2 aliphatic rings. The Morgan fingerprint density at radius 3 is 2.46 bits per heavy atom. The van der Waals surface area contributed by atoms with Crippen LogP contribution in [0.1, 0.15) is 65.2 Å². The van der Waals surface area contributed by atoms with Crippen molar-refractivity contribution in [3.8, 4) is 0 Å². The van der Waals surface area contributed by atoms with Crippen molar-refractivity contribution < 1.29 is 9.59 Å². The van der Waals surface area contributed by atoms with E-state index < -0.39 is 0 Å². The Morgan fingerprint density at radius 1 is 1.08 bits per heavy atom. The molecule has 2 heterocycles. The Kier molecular flexibility index (Phi) is 6.92. The molecule has 2 fully saturated rings. The lowest BCUT2D eigenvalue weighted by Crippen LogP contribution is -2.48. The molecule has 0 spiro atoms. The van der Waals surface area contributed by atoms with Crippen LogP contribution in [0.15, 0.2) is 4.34 Å². The predicted molar refractivity (Wildman–Crippen MR) is 105 cm³/mol.